The lowest BCUT2D eigenvalue weighted by Crippen LogP contribution is -2.15. The molecule has 0 atom stereocenters. The summed E-state index contributed by atoms with van der Waals surface area (Å²) in [6.45, 7) is 0. The van der Waals surface area contributed by atoms with Crippen molar-refractivity contribution in [1.82, 2.24) is 4.98 Å². The first-order valence-electron chi connectivity index (χ1n) is 3.46. The second kappa shape index (κ2) is 3.75. The minimum absolute atomic E-state index is 0.261. The second-order valence-corrected chi connectivity index (χ2v) is 2.39. The smallest absolute Gasteiger partial charge is 0.372 e. The zero-order chi connectivity index (χ0) is 9.84. The Balaban J connectivity index is 2.70. The number of carbonyl (C=O) groups is 2. The van der Waals surface area contributed by atoms with Crippen LogP contribution in [-0.4, -0.2) is 21.8 Å². The third kappa shape index (κ3) is 2.62. The Morgan fingerprint density at radius 1 is 1.46 bits per heavy atom. The lowest BCUT2D eigenvalue weighted by Gasteiger charge is -1.95. The highest BCUT2D eigenvalue weighted by Crippen LogP contribution is 2.00. The van der Waals surface area contributed by atoms with E-state index >= 15 is 0 Å². The Labute approximate surface area is 73.0 Å². The predicted octanol–water partition coefficient (Wildman–Crippen LogP) is 0.417. The molecule has 0 amide bonds. The number of aliphatic carboxylic acids is 1. The summed E-state index contributed by atoms with van der Waals surface area (Å²) in [5.41, 5.74) is 0.383. The molecular weight excluding hydrogens is 177 g/mol. The molecule has 1 N–H and O–H groups in total. The van der Waals surface area contributed by atoms with Crippen LogP contribution in [0.3, 0.4) is 0 Å². The molecule has 1 heterocycles. The molecule has 0 radical (unpaired) electrons. The van der Waals surface area contributed by atoms with Crippen LogP contribution < -0.4 is 0 Å². The second-order valence-electron chi connectivity index (χ2n) is 2.39. The summed E-state index contributed by atoms with van der Waals surface area (Å²) in [4.78, 5) is 24.1. The Bertz CT molecular complexity index is 334. The molecule has 0 spiro atoms. The maximum atomic E-state index is 12.3. The fourth-order valence-corrected chi connectivity index (χ4v) is 0.772. The Morgan fingerprint density at radius 2 is 2.15 bits per heavy atom. The van der Waals surface area contributed by atoms with E-state index in [1.807, 2.05) is 0 Å². The van der Waals surface area contributed by atoms with E-state index < -0.39 is 17.7 Å². The van der Waals surface area contributed by atoms with Gasteiger partial charge in [0.05, 0.1) is 0 Å². The summed E-state index contributed by atoms with van der Waals surface area (Å²) < 4.78 is 12.3. The zero-order valence-corrected chi connectivity index (χ0v) is 6.53. The van der Waals surface area contributed by atoms with Crippen LogP contribution in [0.1, 0.15) is 5.56 Å². The number of ketones is 1. The molecule has 1 rings (SSSR count). The van der Waals surface area contributed by atoms with Crippen molar-refractivity contribution < 1.29 is 19.1 Å². The lowest BCUT2D eigenvalue weighted by atomic mass is 10.1. The summed E-state index contributed by atoms with van der Waals surface area (Å²) in [6, 6.07) is 2.40. The summed E-state index contributed by atoms with van der Waals surface area (Å²) in [6.07, 6.45) is 0.874. The summed E-state index contributed by atoms with van der Waals surface area (Å²) in [5.74, 6) is -3.09. The average Bonchev–Trinajstić information content (AvgIpc) is 2.08. The number of carboxylic acid groups (broad SMARTS) is 1. The maximum absolute atomic E-state index is 12.3. The van der Waals surface area contributed by atoms with Gasteiger partial charge in [-0.1, -0.05) is 6.07 Å². The molecule has 13 heavy (non-hydrogen) atoms. The molecule has 0 aliphatic carbocycles. The predicted molar refractivity (Wildman–Crippen MR) is 40.5 cm³/mol. The van der Waals surface area contributed by atoms with Gasteiger partial charge in [-0.15, -0.1) is 0 Å². The number of nitrogens with zero attached hydrogens (tertiary/aromatic N) is 1. The van der Waals surface area contributed by atoms with Gasteiger partial charge in [0.25, 0.3) is 0 Å². The minimum Gasteiger partial charge on any atom is -0.475 e. The van der Waals surface area contributed by atoms with Gasteiger partial charge in [-0.2, -0.15) is 4.39 Å². The first-order chi connectivity index (χ1) is 6.09. The number of carboxylic acids is 1. The molecule has 5 heteroatoms. The van der Waals surface area contributed by atoms with Gasteiger partial charge in [-0.25, -0.2) is 9.78 Å². The number of Topliss-reactive ketones (excluding diaryl/α,β-unsaturated/α-hetero) is 1. The van der Waals surface area contributed by atoms with Gasteiger partial charge in [0.15, 0.2) is 0 Å². The number of pyridine rings is 1. The fourth-order valence-electron chi connectivity index (χ4n) is 0.772. The quantitative estimate of drug-likeness (QED) is 0.544. The molecule has 1 aromatic heterocycles. The third-order valence-corrected chi connectivity index (χ3v) is 1.39. The molecule has 0 aliphatic rings. The molecular formula is C8H6FNO3. The summed E-state index contributed by atoms with van der Waals surface area (Å²) >= 11 is 0. The highest BCUT2D eigenvalue weighted by atomic mass is 19.1. The molecule has 0 unspecified atom stereocenters. The summed E-state index contributed by atoms with van der Waals surface area (Å²) in [5, 5.41) is 8.25. The van der Waals surface area contributed by atoms with Crippen molar-refractivity contribution >= 4 is 11.8 Å². The van der Waals surface area contributed by atoms with Crippen LogP contribution in [0.4, 0.5) is 4.39 Å². The molecule has 0 bridgehead atoms. The lowest BCUT2D eigenvalue weighted by molar-refractivity contribution is -0.148. The van der Waals surface area contributed by atoms with Crippen molar-refractivity contribution in [2.75, 3.05) is 0 Å². The van der Waals surface area contributed by atoms with Gasteiger partial charge in [0.1, 0.15) is 0 Å². The van der Waals surface area contributed by atoms with E-state index in [2.05, 4.69) is 4.98 Å². The highest BCUT2D eigenvalue weighted by Gasteiger charge is 2.11. The van der Waals surface area contributed by atoms with Crippen molar-refractivity contribution in [3.63, 3.8) is 0 Å². The molecule has 4 nitrogen and oxygen atoms in total. The summed E-state index contributed by atoms with van der Waals surface area (Å²) in [7, 11) is 0. The minimum atomic E-state index is -1.50. The molecule has 0 saturated carbocycles. The van der Waals surface area contributed by atoms with Crippen molar-refractivity contribution in [3.8, 4) is 0 Å². The highest BCUT2D eigenvalue weighted by molar-refractivity contribution is 6.33. The topological polar surface area (TPSA) is 67.3 Å². The van der Waals surface area contributed by atoms with Crippen molar-refractivity contribution in [1.29, 1.82) is 0 Å². The average molecular weight is 183 g/mol. The maximum Gasteiger partial charge on any atom is 0.372 e. The largest absolute Gasteiger partial charge is 0.475 e. The van der Waals surface area contributed by atoms with E-state index in [9.17, 15) is 14.0 Å². The van der Waals surface area contributed by atoms with Crippen LogP contribution in [0, 0.1) is 5.95 Å². The van der Waals surface area contributed by atoms with Crippen LogP contribution in [-0.2, 0) is 16.0 Å². The van der Waals surface area contributed by atoms with Gasteiger partial charge < -0.3 is 5.11 Å². The van der Waals surface area contributed by atoms with Gasteiger partial charge in [-0.3, -0.25) is 4.79 Å². The molecule has 0 aliphatic heterocycles. The fraction of sp³-hybridized carbons (Fsp3) is 0.125. The Kier molecular flexibility index (Phi) is 2.69. The van der Waals surface area contributed by atoms with E-state index in [1.54, 1.807) is 0 Å². The van der Waals surface area contributed by atoms with E-state index in [1.165, 1.54) is 6.07 Å². The first kappa shape index (κ1) is 9.31. The van der Waals surface area contributed by atoms with Crippen molar-refractivity contribution in [3.05, 3.63) is 29.8 Å². The molecule has 68 valence electrons. The molecule has 1 aromatic rings. The van der Waals surface area contributed by atoms with Gasteiger partial charge in [-0.05, 0) is 11.6 Å². The standard InChI is InChI=1S/C8H6FNO3/c9-7-2-1-5(4-10-7)3-6(11)8(12)13/h1-2,4H,3H2,(H,12,13). The van der Waals surface area contributed by atoms with Crippen molar-refractivity contribution in [2.24, 2.45) is 0 Å². The van der Waals surface area contributed by atoms with Gasteiger partial charge in [0.2, 0.25) is 11.7 Å². The monoisotopic (exact) mass is 183 g/mol. The molecule has 0 saturated heterocycles. The molecule has 0 aromatic carbocycles. The zero-order valence-electron chi connectivity index (χ0n) is 6.53. The van der Waals surface area contributed by atoms with Crippen LogP contribution in [0.2, 0.25) is 0 Å². The van der Waals surface area contributed by atoms with Crippen LogP contribution in [0.5, 0.6) is 0 Å². The number of carbonyl (C=O) groups excluding carboxylic acids is 1. The number of halogens is 1. The first-order valence-corrected chi connectivity index (χ1v) is 3.46. The Morgan fingerprint density at radius 3 is 2.62 bits per heavy atom. The SMILES string of the molecule is O=C(O)C(=O)Cc1ccc(F)nc1. The van der Waals surface area contributed by atoms with E-state index in [0.717, 1.165) is 12.3 Å². The number of hydrogen-bond donors (Lipinski definition) is 1. The van der Waals surface area contributed by atoms with Gasteiger partial charge in [0, 0.05) is 12.6 Å². The molecule has 0 fully saturated rings. The number of hydrogen-bond acceptors (Lipinski definition) is 3. The van der Waals surface area contributed by atoms with E-state index in [4.69, 9.17) is 5.11 Å². The third-order valence-electron chi connectivity index (χ3n) is 1.39. The number of aromatic nitrogens is 1. The number of rotatable bonds is 3. The normalized spacial score (nSPS) is 9.62. The van der Waals surface area contributed by atoms with Gasteiger partial charge >= 0.3 is 5.97 Å². The van der Waals surface area contributed by atoms with Crippen LogP contribution in [0.15, 0.2) is 18.3 Å². The van der Waals surface area contributed by atoms with Crippen LogP contribution >= 0.6 is 0 Å². The Hall–Kier alpha value is -1.78. The van der Waals surface area contributed by atoms with E-state index in [0.29, 0.717) is 5.56 Å². The van der Waals surface area contributed by atoms with Crippen LogP contribution in [0.25, 0.3) is 0 Å². The van der Waals surface area contributed by atoms with Crippen molar-refractivity contribution in [2.45, 2.75) is 6.42 Å². The van der Waals surface area contributed by atoms with E-state index in [-0.39, 0.29) is 6.42 Å².